The largest absolute Gasteiger partial charge is 0.452 e. The molecule has 1 heterocycles. The Morgan fingerprint density at radius 1 is 1.31 bits per heavy atom. The zero-order chi connectivity index (χ0) is 9.10. The van der Waals surface area contributed by atoms with E-state index in [1.54, 1.807) is 0 Å². The topological polar surface area (TPSA) is 35.3 Å². The van der Waals surface area contributed by atoms with Crippen LogP contribution in [-0.4, -0.2) is 5.16 Å². The van der Waals surface area contributed by atoms with Crippen LogP contribution in [0.1, 0.15) is 0 Å². The van der Waals surface area contributed by atoms with Gasteiger partial charge in [-0.05, 0) is 18.2 Å². The second-order valence-electron chi connectivity index (χ2n) is 2.42. The zero-order valence-corrected chi connectivity index (χ0v) is 8.19. The van der Waals surface area contributed by atoms with Crippen molar-refractivity contribution >= 4 is 15.9 Å². The number of benzene rings is 1. The van der Waals surface area contributed by atoms with E-state index in [1.165, 1.54) is 12.5 Å². The van der Waals surface area contributed by atoms with E-state index in [2.05, 4.69) is 25.6 Å². The van der Waals surface area contributed by atoms with E-state index in [1.807, 2.05) is 24.3 Å². The summed E-state index contributed by atoms with van der Waals surface area (Å²) < 4.78 is 11.0. The van der Waals surface area contributed by atoms with Gasteiger partial charge in [-0.3, -0.25) is 0 Å². The minimum absolute atomic E-state index is 0.595. The first-order chi connectivity index (χ1) is 6.34. The van der Waals surface area contributed by atoms with Crippen LogP contribution in [0, 0.1) is 0 Å². The summed E-state index contributed by atoms with van der Waals surface area (Å²) >= 11 is 3.35. The molecule has 0 N–H and O–H groups in total. The third kappa shape index (κ3) is 2.09. The zero-order valence-electron chi connectivity index (χ0n) is 6.61. The molecule has 0 fully saturated rings. The molecule has 0 amide bonds. The lowest BCUT2D eigenvalue weighted by Crippen LogP contribution is -1.80. The highest BCUT2D eigenvalue weighted by Gasteiger charge is 1.98. The number of rotatable bonds is 2. The third-order valence-corrected chi connectivity index (χ3v) is 1.93. The number of nitrogens with zero attached hydrogens (tertiary/aromatic N) is 1. The Labute approximate surface area is 83.4 Å². The molecular weight excluding hydrogens is 234 g/mol. The molecular formula is C9H6BrNO2. The molecule has 0 unspecified atom stereocenters. The lowest BCUT2D eigenvalue weighted by Gasteiger charge is -2.00. The van der Waals surface area contributed by atoms with Gasteiger partial charge in [0.25, 0.3) is 0 Å². The van der Waals surface area contributed by atoms with Gasteiger partial charge >= 0.3 is 0 Å². The van der Waals surface area contributed by atoms with Gasteiger partial charge in [-0.25, -0.2) is 0 Å². The fourth-order valence-electron chi connectivity index (χ4n) is 0.912. The molecule has 1 aromatic carbocycles. The van der Waals surface area contributed by atoms with Crippen LogP contribution in [0.4, 0.5) is 0 Å². The van der Waals surface area contributed by atoms with Crippen molar-refractivity contribution in [1.82, 2.24) is 5.16 Å². The number of hydrogen-bond donors (Lipinski definition) is 0. The summed E-state index contributed by atoms with van der Waals surface area (Å²) in [6.45, 7) is 0. The van der Waals surface area contributed by atoms with Crippen LogP contribution < -0.4 is 4.74 Å². The van der Waals surface area contributed by atoms with Crippen LogP contribution in [0.2, 0.25) is 0 Å². The normalized spacial score (nSPS) is 9.92. The lowest BCUT2D eigenvalue weighted by molar-refractivity contribution is 0.410. The highest BCUT2D eigenvalue weighted by molar-refractivity contribution is 9.10. The van der Waals surface area contributed by atoms with E-state index in [4.69, 9.17) is 4.74 Å². The predicted octanol–water partition coefficient (Wildman–Crippen LogP) is 3.23. The Balaban J connectivity index is 2.19. The smallest absolute Gasteiger partial charge is 0.186 e. The van der Waals surface area contributed by atoms with E-state index >= 15 is 0 Å². The van der Waals surface area contributed by atoms with Gasteiger partial charge in [-0.2, -0.15) is 0 Å². The van der Waals surface area contributed by atoms with E-state index in [-0.39, 0.29) is 0 Å². The predicted molar refractivity (Wildman–Crippen MR) is 50.7 cm³/mol. The molecule has 0 saturated carbocycles. The Morgan fingerprint density at radius 3 is 2.92 bits per heavy atom. The van der Waals surface area contributed by atoms with Gasteiger partial charge in [-0.15, -0.1) is 0 Å². The fraction of sp³-hybridized carbons (Fsp3) is 0. The van der Waals surface area contributed by atoms with Gasteiger partial charge in [0.1, 0.15) is 11.9 Å². The van der Waals surface area contributed by atoms with Crippen LogP contribution in [0.5, 0.6) is 11.5 Å². The average molecular weight is 240 g/mol. The molecule has 1 aromatic heterocycles. The first kappa shape index (κ1) is 8.31. The van der Waals surface area contributed by atoms with Crippen molar-refractivity contribution in [3.05, 3.63) is 41.2 Å². The monoisotopic (exact) mass is 239 g/mol. The van der Waals surface area contributed by atoms with Gasteiger partial charge < -0.3 is 9.26 Å². The summed E-state index contributed by atoms with van der Waals surface area (Å²) in [6, 6.07) is 7.55. The van der Waals surface area contributed by atoms with Gasteiger partial charge in [-0.1, -0.05) is 27.2 Å². The maximum absolute atomic E-state index is 5.41. The molecule has 0 spiro atoms. The Hall–Kier alpha value is -1.29. The van der Waals surface area contributed by atoms with Crippen molar-refractivity contribution in [2.24, 2.45) is 0 Å². The minimum atomic E-state index is 0.595. The lowest BCUT2D eigenvalue weighted by atomic mass is 10.3. The van der Waals surface area contributed by atoms with Crippen LogP contribution in [-0.2, 0) is 0 Å². The molecule has 0 bridgehead atoms. The van der Waals surface area contributed by atoms with E-state index in [0.717, 1.165) is 10.2 Å². The van der Waals surface area contributed by atoms with Crippen molar-refractivity contribution in [1.29, 1.82) is 0 Å². The summed E-state index contributed by atoms with van der Waals surface area (Å²) in [5.41, 5.74) is 0. The Bertz CT molecular complexity index is 386. The summed E-state index contributed by atoms with van der Waals surface area (Å²) in [4.78, 5) is 0. The SMILES string of the molecule is Brc1cccc(Oc2cnoc2)c1. The second kappa shape index (κ2) is 3.62. The summed E-state index contributed by atoms with van der Waals surface area (Å²) in [7, 11) is 0. The maximum Gasteiger partial charge on any atom is 0.186 e. The molecule has 4 heteroatoms. The number of hydrogen-bond acceptors (Lipinski definition) is 3. The molecule has 66 valence electrons. The average Bonchev–Trinajstić information content (AvgIpc) is 2.57. The van der Waals surface area contributed by atoms with Crippen molar-refractivity contribution in [3.8, 4) is 11.5 Å². The molecule has 0 aliphatic heterocycles. The molecule has 0 aliphatic carbocycles. The first-order valence-corrected chi connectivity index (χ1v) is 4.47. The number of aromatic nitrogens is 1. The van der Waals surface area contributed by atoms with E-state index in [0.29, 0.717) is 5.75 Å². The van der Waals surface area contributed by atoms with Crippen LogP contribution in [0.15, 0.2) is 45.7 Å². The molecule has 2 rings (SSSR count). The van der Waals surface area contributed by atoms with Crippen LogP contribution in [0.25, 0.3) is 0 Å². The summed E-state index contributed by atoms with van der Waals surface area (Å²) in [5.74, 6) is 1.34. The minimum Gasteiger partial charge on any atom is -0.452 e. The quantitative estimate of drug-likeness (QED) is 0.808. The van der Waals surface area contributed by atoms with Crippen molar-refractivity contribution in [2.45, 2.75) is 0 Å². The van der Waals surface area contributed by atoms with Crippen LogP contribution >= 0.6 is 15.9 Å². The van der Waals surface area contributed by atoms with Gasteiger partial charge in [0.15, 0.2) is 12.0 Å². The standard InChI is InChI=1S/C9H6BrNO2/c10-7-2-1-3-8(4-7)13-9-5-11-12-6-9/h1-6H. The third-order valence-electron chi connectivity index (χ3n) is 1.44. The van der Waals surface area contributed by atoms with Crippen LogP contribution in [0.3, 0.4) is 0 Å². The highest BCUT2D eigenvalue weighted by atomic mass is 79.9. The fourth-order valence-corrected chi connectivity index (χ4v) is 1.29. The van der Waals surface area contributed by atoms with E-state index in [9.17, 15) is 0 Å². The second-order valence-corrected chi connectivity index (χ2v) is 3.34. The number of ether oxygens (including phenoxy) is 1. The molecule has 0 radical (unpaired) electrons. The molecule has 0 aliphatic rings. The van der Waals surface area contributed by atoms with Crippen molar-refractivity contribution in [3.63, 3.8) is 0 Å². The Morgan fingerprint density at radius 2 is 2.23 bits per heavy atom. The van der Waals surface area contributed by atoms with Crippen molar-refractivity contribution in [2.75, 3.05) is 0 Å². The summed E-state index contributed by atoms with van der Waals surface area (Å²) in [6.07, 6.45) is 2.96. The van der Waals surface area contributed by atoms with E-state index < -0.39 is 0 Å². The summed E-state index contributed by atoms with van der Waals surface area (Å²) in [5, 5.41) is 3.53. The molecule has 0 atom stereocenters. The molecule has 0 saturated heterocycles. The Kier molecular flexibility index (Phi) is 2.31. The highest BCUT2D eigenvalue weighted by Crippen LogP contribution is 2.23. The molecule has 2 aromatic rings. The van der Waals surface area contributed by atoms with Gasteiger partial charge in [0.05, 0.1) is 0 Å². The number of halogens is 1. The van der Waals surface area contributed by atoms with Crippen molar-refractivity contribution < 1.29 is 9.26 Å². The van der Waals surface area contributed by atoms with Gasteiger partial charge in [0, 0.05) is 4.47 Å². The van der Waals surface area contributed by atoms with Gasteiger partial charge in [0.2, 0.25) is 0 Å². The maximum atomic E-state index is 5.41. The molecule has 3 nitrogen and oxygen atoms in total. The molecule has 13 heavy (non-hydrogen) atoms. The first-order valence-electron chi connectivity index (χ1n) is 3.67.